The Morgan fingerprint density at radius 3 is 2.48 bits per heavy atom. The smallest absolute Gasteiger partial charge is 0.226 e. The van der Waals surface area contributed by atoms with Gasteiger partial charge in [0.05, 0.1) is 5.75 Å². The fraction of sp³-hybridized carbons (Fsp3) is 0.500. The summed E-state index contributed by atoms with van der Waals surface area (Å²) >= 11 is 8.70. The zero-order valence-corrected chi connectivity index (χ0v) is 21.4. The topological polar surface area (TPSA) is 113 Å². The molecule has 0 unspecified atom stereocenters. The van der Waals surface area contributed by atoms with Gasteiger partial charge in [-0.15, -0.1) is 10.2 Å². The van der Waals surface area contributed by atoms with E-state index in [1.165, 1.54) is 29.4 Å². The van der Waals surface area contributed by atoms with Crippen LogP contribution in [-0.2, 0) is 25.2 Å². The molecular weight excluding hydrogens is 506 g/mol. The second kappa shape index (κ2) is 12.1. The summed E-state index contributed by atoms with van der Waals surface area (Å²) in [7, 11) is -2.99. The van der Waals surface area contributed by atoms with E-state index in [-0.39, 0.29) is 30.4 Å². The minimum atomic E-state index is -2.99. The predicted octanol–water partition coefficient (Wildman–Crippen LogP) is 2.39. The lowest BCUT2D eigenvalue weighted by molar-refractivity contribution is -0.134. The molecule has 2 heterocycles. The van der Waals surface area contributed by atoms with Gasteiger partial charge in [0.25, 0.3) is 0 Å². The summed E-state index contributed by atoms with van der Waals surface area (Å²) in [6, 6.07) is 7.57. The summed E-state index contributed by atoms with van der Waals surface area (Å²) in [6.07, 6.45) is 1.41. The largest absolute Gasteiger partial charge is 0.340 e. The van der Waals surface area contributed by atoms with Gasteiger partial charge in [-0.25, -0.2) is 8.42 Å². The molecule has 0 bridgehead atoms. The number of halogens is 1. The van der Waals surface area contributed by atoms with E-state index in [2.05, 4.69) is 15.5 Å². The maximum Gasteiger partial charge on any atom is 0.226 e. The average molecular weight is 532 g/mol. The highest BCUT2D eigenvalue weighted by atomic mass is 35.5. The highest BCUT2D eigenvalue weighted by molar-refractivity contribution is 8.00. The number of piperazine rings is 1. The monoisotopic (exact) mass is 531 g/mol. The SMILES string of the molecule is CS(=O)(=O)CCN1CCN(C(=O)CCC(=O)Nc2nnc(SCc3ccc(Cl)cc3)s2)CC1. The minimum Gasteiger partial charge on any atom is -0.340 e. The molecule has 0 saturated carbocycles. The number of carbonyl (C=O) groups is 2. The molecular formula is C20H26ClN5O4S3. The van der Waals surface area contributed by atoms with Crippen molar-refractivity contribution in [3.05, 3.63) is 34.9 Å². The molecule has 1 aliphatic rings. The van der Waals surface area contributed by atoms with Crippen molar-refractivity contribution in [3.8, 4) is 0 Å². The number of anilines is 1. The Morgan fingerprint density at radius 2 is 1.82 bits per heavy atom. The number of carbonyl (C=O) groups excluding carboxylic acids is 2. The number of nitrogens with zero attached hydrogens (tertiary/aromatic N) is 4. The molecule has 1 aromatic heterocycles. The Bertz CT molecular complexity index is 1050. The van der Waals surface area contributed by atoms with Crippen LogP contribution in [0.25, 0.3) is 0 Å². The van der Waals surface area contributed by atoms with Gasteiger partial charge in [0.1, 0.15) is 9.84 Å². The molecule has 2 aromatic rings. The van der Waals surface area contributed by atoms with Crippen molar-refractivity contribution >= 4 is 61.5 Å². The highest BCUT2D eigenvalue weighted by Crippen LogP contribution is 2.28. The molecule has 0 atom stereocenters. The van der Waals surface area contributed by atoms with Gasteiger partial charge in [-0.2, -0.15) is 0 Å². The van der Waals surface area contributed by atoms with E-state index in [0.29, 0.717) is 42.9 Å². The number of benzene rings is 1. The first-order valence-corrected chi connectivity index (χ1v) is 14.6. The van der Waals surface area contributed by atoms with Gasteiger partial charge >= 0.3 is 0 Å². The Balaban J connectivity index is 1.35. The Labute approximate surface area is 206 Å². The molecule has 0 spiro atoms. The molecule has 1 fully saturated rings. The molecule has 1 N–H and O–H groups in total. The number of amides is 2. The van der Waals surface area contributed by atoms with Crippen LogP contribution in [0, 0.1) is 0 Å². The predicted molar refractivity (Wildman–Crippen MR) is 132 cm³/mol. The van der Waals surface area contributed by atoms with Crippen molar-refractivity contribution in [2.24, 2.45) is 0 Å². The van der Waals surface area contributed by atoms with Crippen molar-refractivity contribution in [3.63, 3.8) is 0 Å². The zero-order chi connectivity index (χ0) is 23.8. The van der Waals surface area contributed by atoms with E-state index in [1.807, 2.05) is 29.2 Å². The van der Waals surface area contributed by atoms with Crippen molar-refractivity contribution < 1.29 is 18.0 Å². The van der Waals surface area contributed by atoms with E-state index in [4.69, 9.17) is 11.6 Å². The second-order valence-corrected chi connectivity index (χ2v) is 12.6. The van der Waals surface area contributed by atoms with Gasteiger partial charge in [-0.3, -0.25) is 14.5 Å². The summed E-state index contributed by atoms with van der Waals surface area (Å²) in [5, 5.41) is 11.9. The van der Waals surface area contributed by atoms with Crippen LogP contribution in [0.1, 0.15) is 18.4 Å². The average Bonchev–Trinajstić information content (AvgIpc) is 3.22. The fourth-order valence-corrected chi connectivity index (χ4v) is 5.56. The van der Waals surface area contributed by atoms with E-state index in [9.17, 15) is 18.0 Å². The van der Waals surface area contributed by atoms with Crippen LogP contribution in [0.5, 0.6) is 0 Å². The quantitative estimate of drug-likeness (QED) is 0.367. The van der Waals surface area contributed by atoms with Crippen LogP contribution in [0.3, 0.4) is 0 Å². The molecule has 1 saturated heterocycles. The van der Waals surface area contributed by atoms with Crippen LogP contribution >= 0.6 is 34.7 Å². The van der Waals surface area contributed by atoms with Crippen LogP contribution < -0.4 is 5.32 Å². The number of aromatic nitrogens is 2. The molecule has 0 radical (unpaired) electrons. The van der Waals surface area contributed by atoms with Crippen molar-refractivity contribution in [1.82, 2.24) is 20.0 Å². The lowest BCUT2D eigenvalue weighted by Gasteiger charge is -2.34. The summed E-state index contributed by atoms with van der Waals surface area (Å²) in [6.45, 7) is 2.82. The van der Waals surface area contributed by atoms with Crippen molar-refractivity contribution in [1.29, 1.82) is 0 Å². The molecule has 33 heavy (non-hydrogen) atoms. The van der Waals surface area contributed by atoms with Gasteiger partial charge in [-0.05, 0) is 17.7 Å². The normalized spacial score (nSPS) is 14.9. The number of hydrogen-bond acceptors (Lipinski definition) is 9. The van der Waals surface area contributed by atoms with Crippen LogP contribution in [0.15, 0.2) is 28.6 Å². The van der Waals surface area contributed by atoms with Gasteiger partial charge in [0.2, 0.25) is 16.9 Å². The van der Waals surface area contributed by atoms with E-state index < -0.39 is 9.84 Å². The van der Waals surface area contributed by atoms with E-state index >= 15 is 0 Å². The molecule has 0 aliphatic carbocycles. The van der Waals surface area contributed by atoms with Gasteiger partial charge in [-0.1, -0.05) is 46.8 Å². The standard InChI is InChI=1S/C20H26ClN5O4S3/c1-33(29,30)13-12-25-8-10-26(11-9-25)18(28)7-6-17(27)22-19-23-24-20(32-19)31-14-15-2-4-16(21)5-3-15/h2-5H,6-14H2,1H3,(H,22,23,27). The van der Waals surface area contributed by atoms with Crippen LogP contribution in [0.4, 0.5) is 5.13 Å². The summed E-state index contributed by atoms with van der Waals surface area (Å²) in [5.41, 5.74) is 1.11. The van der Waals surface area contributed by atoms with Crippen LogP contribution in [0.2, 0.25) is 5.02 Å². The number of hydrogen-bond donors (Lipinski definition) is 1. The van der Waals surface area contributed by atoms with Gasteiger partial charge in [0.15, 0.2) is 4.34 Å². The maximum atomic E-state index is 12.4. The number of nitrogens with one attached hydrogen (secondary N) is 1. The summed E-state index contributed by atoms with van der Waals surface area (Å²) < 4.78 is 23.3. The van der Waals surface area contributed by atoms with Crippen molar-refractivity contribution in [2.45, 2.75) is 22.9 Å². The number of thioether (sulfide) groups is 1. The Hall–Kier alpha value is -1.73. The third-order valence-electron chi connectivity index (χ3n) is 5.00. The molecule has 13 heteroatoms. The third-order valence-corrected chi connectivity index (χ3v) is 8.22. The fourth-order valence-electron chi connectivity index (χ4n) is 3.12. The van der Waals surface area contributed by atoms with Crippen LogP contribution in [-0.4, -0.2) is 85.0 Å². The molecule has 2 amide bonds. The zero-order valence-electron chi connectivity index (χ0n) is 18.2. The number of sulfone groups is 1. The first kappa shape index (κ1) is 25.9. The van der Waals surface area contributed by atoms with E-state index in [1.54, 1.807) is 4.90 Å². The van der Waals surface area contributed by atoms with E-state index in [0.717, 1.165) is 15.7 Å². The first-order chi connectivity index (χ1) is 15.7. The first-order valence-electron chi connectivity index (χ1n) is 10.4. The molecule has 9 nitrogen and oxygen atoms in total. The third kappa shape index (κ3) is 9.20. The summed E-state index contributed by atoms with van der Waals surface area (Å²) in [5.74, 6) is 0.481. The molecule has 1 aromatic carbocycles. The Morgan fingerprint density at radius 1 is 1.12 bits per heavy atom. The summed E-state index contributed by atoms with van der Waals surface area (Å²) in [4.78, 5) is 28.4. The second-order valence-electron chi connectivity index (χ2n) is 7.69. The van der Waals surface area contributed by atoms with Gasteiger partial charge in [0, 0.05) is 62.6 Å². The molecule has 180 valence electrons. The minimum absolute atomic E-state index is 0.0694. The maximum absolute atomic E-state index is 12.4. The molecule has 1 aliphatic heterocycles. The molecule has 3 rings (SSSR count). The highest BCUT2D eigenvalue weighted by Gasteiger charge is 2.22. The lowest BCUT2D eigenvalue weighted by Crippen LogP contribution is -2.49. The lowest BCUT2D eigenvalue weighted by atomic mass is 10.2. The number of rotatable bonds is 10. The van der Waals surface area contributed by atoms with Gasteiger partial charge < -0.3 is 10.2 Å². The van der Waals surface area contributed by atoms with Crippen molar-refractivity contribution in [2.75, 3.05) is 50.0 Å². The Kier molecular flexibility index (Phi) is 9.50.